The number of anilines is 1. The summed E-state index contributed by atoms with van der Waals surface area (Å²) in [6.07, 6.45) is 2.81. The number of aromatic amines is 1. The first-order valence-corrected chi connectivity index (χ1v) is 7.73. The maximum atomic E-state index is 12.4. The zero-order chi connectivity index (χ0) is 15.7. The van der Waals surface area contributed by atoms with Gasteiger partial charge < -0.3 is 10.3 Å². The molecule has 0 spiro atoms. The molecule has 114 valence electrons. The number of hydrogen-bond donors (Lipinski definition) is 2. The lowest BCUT2D eigenvalue weighted by molar-refractivity contribution is 0.102. The topological polar surface area (TPSA) is 62.0 Å². The molecule has 4 nitrogen and oxygen atoms in total. The van der Waals surface area contributed by atoms with Gasteiger partial charge in [-0.05, 0) is 48.9 Å². The highest BCUT2D eigenvalue weighted by Gasteiger charge is 2.20. The SMILES string of the molecule is CC1CCc2[nH]c(=O)c(C(=O)Nc3ccccc3Cl)cc2C1. The number of aryl methyl sites for hydroxylation is 1. The van der Waals surface area contributed by atoms with E-state index < -0.39 is 5.91 Å². The van der Waals surface area contributed by atoms with Crippen LogP contribution >= 0.6 is 11.6 Å². The van der Waals surface area contributed by atoms with Crippen molar-refractivity contribution in [3.8, 4) is 0 Å². The quantitative estimate of drug-likeness (QED) is 0.892. The Morgan fingerprint density at radius 2 is 2.14 bits per heavy atom. The third-order valence-electron chi connectivity index (χ3n) is 4.04. The van der Waals surface area contributed by atoms with Crippen molar-refractivity contribution in [1.82, 2.24) is 4.98 Å². The summed E-state index contributed by atoms with van der Waals surface area (Å²) in [5.41, 5.74) is 2.30. The zero-order valence-electron chi connectivity index (χ0n) is 12.3. The van der Waals surface area contributed by atoms with Gasteiger partial charge in [0.1, 0.15) is 5.56 Å². The van der Waals surface area contributed by atoms with Crippen molar-refractivity contribution in [2.24, 2.45) is 5.92 Å². The van der Waals surface area contributed by atoms with Crippen LogP contribution < -0.4 is 10.9 Å². The molecule has 1 atom stereocenters. The molecule has 1 aromatic carbocycles. The molecule has 1 unspecified atom stereocenters. The van der Waals surface area contributed by atoms with Gasteiger partial charge in [0.05, 0.1) is 10.7 Å². The van der Waals surface area contributed by atoms with E-state index in [1.165, 1.54) is 0 Å². The summed E-state index contributed by atoms with van der Waals surface area (Å²) in [6.45, 7) is 2.18. The summed E-state index contributed by atoms with van der Waals surface area (Å²) >= 11 is 6.03. The lowest BCUT2D eigenvalue weighted by atomic mass is 9.87. The summed E-state index contributed by atoms with van der Waals surface area (Å²) in [5.74, 6) is 0.133. The number of H-pyrrole nitrogens is 1. The van der Waals surface area contributed by atoms with Crippen LogP contribution in [0.4, 0.5) is 5.69 Å². The summed E-state index contributed by atoms with van der Waals surface area (Å²) in [4.78, 5) is 27.4. The second kappa shape index (κ2) is 5.97. The molecule has 1 amide bonds. The molecule has 0 aliphatic heterocycles. The first kappa shape index (κ1) is 14.9. The van der Waals surface area contributed by atoms with Gasteiger partial charge in [-0.1, -0.05) is 30.7 Å². The molecule has 0 bridgehead atoms. The molecule has 1 aliphatic rings. The molecule has 0 saturated heterocycles. The van der Waals surface area contributed by atoms with Crippen molar-refractivity contribution in [3.05, 3.63) is 62.5 Å². The Morgan fingerprint density at radius 3 is 2.91 bits per heavy atom. The number of nitrogens with one attached hydrogen (secondary N) is 2. The molecule has 3 rings (SSSR count). The van der Waals surface area contributed by atoms with Gasteiger partial charge in [-0.2, -0.15) is 0 Å². The number of benzene rings is 1. The highest BCUT2D eigenvalue weighted by atomic mass is 35.5. The zero-order valence-corrected chi connectivity index (χ0v) is 13.0. The van der Waals surface area contributed by atoms with Crippen LogP contribution in [0.25, 0.3) is 0 Å². The predicted octanol–water partition coefficient (Wildman–Crippen LogP) is 3.41. The minimum Gasteiger partial charge on any atom is -0.325 e. The summed E-state index contributed by atoms with van der Waals surface area (Å²) in [6, 6.07) is 8.67. The average molecular weight is 317 g/mol. The first-order valence-electron chi connectivity index (χ1n) is 7.35. The Bertz CT molecular complexity index is 782. The van der Waals surface area contributed by atoms with E-state index in [4.69, 9.17) is 11.6 Å². The number of carbonyl (C=O) groups is 1. The maximum absolute atomic E-state index is 12.4. The first-order chi connectivity index (χ1) is 10.5. The van der Waals surface area contributed by atoms with Crippen LogP contribution in [-0.4, -0.2) is 10.9 Å². The second-order valence-electron chi connectivity index (χ2n) is 5.80. The fourth-order valence-corrected chi connectivity index (χ4v) is 2.99. The van der Waals surface area contributed by atoms with Crippen molar-refractivity contribution in [2.45, 2.75) is 26.2 Å². The lowest BCUT2D eigenvalue weighted by Crippen LogP contribution is -2.27. The Kier molecular flexibility index (Phi) is 4.03. The molecule has 1 aliphatic carbocycles. The molecule has 0 fully saturated rings. The second-order valence-corrected chi connectivity index (χ2v) is 6.21. The van der Waals surface area contributed by atoms with E-state index in [0.717, 1.165) is 30.5 Å². The third kappa shape index (κ3) is 2.92. The van der Waals surface area contributed by atoms with E-state index in [2.05, 4.69) is 17.2 Å². The van der Waals surface area contributed by atoms with E-state index >= 15 is 0 Å². The number of amides is 1. The van der Waals surface area contributed by atoms with E-state index in [1.54, 1.807) is 30.3 Å². The number of para-hydroxylation sites is 1. The lowest BCUT2D eigenvalue weighted by Gasteiger charge is -2.21. The van der Waals surface area contributed by atoms with Crippen LogP contribution in [0.15, 0.2) is 35.1 Å². The number of halogens is 1. The summed E-state index contributed by atoms with van der Waals surface area (Å²) < 4.78 is 0. The smallest absolute Gasteiger partial charge is 0.261 e. The van der Waals surface area contributed by atoms with Crippen molar-refractivity contribution < 1.29 is 4.79 Å². The number of aromatic nitrogens is 1. The Balaban J connectivity index is 1.91. The highest BCUT2D eigenvalue weighted by molar-refractivity contribution is 6.33. The van der Waals surface area contributed by atoms with Crippen molar-refractivity contribution in [1.29, 1.82) is 0 Å². The van der Waals surface area contributed by atoms with Crippen LogP contribution in [-0.2, 0) is 12.8 Å². The maximum Gasteiger partial charge on any atom is 0.261 e. The van der Waals surface area contributed by atoms with Crippen molar-refractivity contribution in [2.75, 3.05) is 5.32 Å². The molecule has 22 heavy (non-hydrogen) atoms. The fraction of sp³-hybridized carbons (Fsp3) is 0.294. The molecule has 0 radical (unpaired) electrons. The average Bonchev–Trinajstić information content (AvgIpc) is 2.49. The number of rotatable bonds is 2. The number of hydrogen-bond acceptors (Lipinski definition) is 2. The minimum atomic E-state index is -0.435. The molecule has 1 heterocycles. The molecule has 0 saturated carbocycles. The molecule has 2 aromatic rings. The van der Waals surface area contributed by atoms with E-state index in [0.29, 0.717) is 16.6 Å². The predicted molar refractivity (Wildman–Crippen MR) is 87.7 cm³/mol. The third-order valence-corrected chi connectivity index (χ3v) is 4.37. The fourth-order valence-electron chi connectivity index (χ4n) is 2.81. The van der Waals surface area contributed by atoms with E-state index in [9.17, 15) is 9.59 Å². The summed E-state index contributed by atoms with van der Waals surface area (Å²) in [7, 11) is 0. The monoisotopic (exact) mass is 316 g/mol. The largest absolute Gasteiger partial charge is 0.325 e. The molecule has 1 aromatic heterocycles. The Morgan fingerprint density at radius 1 is 1.36 bits per heavy atom. The standard InChI is InChI=1S/C17H17ClN2O2/c1-10-6-7-14-11(8-10)9-12(16(21)19-14)17(22)20-15-5-3-2-4-13(15)18/h2-5,9-10H,6-8H2,1H3,(H,19,21)(H,20,22). The van der Waals surface area contributed by atoms with E-state index in [1.807, 2.05) is 0 Å². The number of pyridine rings is 1. The summed E-state index contributed by atoms with van der Waals surface area (Å²) in [5, 5.41) is 3.14. The van der Waals surface area contributed by atoms with E-state index in [-0.39, 0.29) is 11.1 Å². The van der Waals surface area contributed by atoms with Gasteiger partial charge in [-0.3, -0.25) is 9.59 Å². The van der Waals surface area contributed by atoms with Crippen molar-refractivity contribution >= 4 is 23.2 Å². The molecular weight excluding hydrogens is 300 g/mol. The molecule has 5 heteroatoms. The van der Waals surface area contributed by atoms with Crippen LogP contribution in [0, 0.1) is 5.92 Å². The van der Waals surface area contributed by atoms with Gasteiger partial charge in [0.2, 0.25) is 0 Å². The number of carbonyl (C=O) groups excluding carboxylic acids is 1. The van der Waals surface area contributed by atoms with Crippen LogP contribution in [0.2, 0.25) is 5.02 Å². The molecular formula is C17H17ClN2O2. The van der Waals surface area contributed by atoms with Gasteiger partial charge >= 0.3 is 0 Å². The minimum absolute atomic E-state index is 0.132. The van der Waals surface area contributed by atoms with Crippen LogP contribution in [0.3, 0.4) is 0 Å². The van der Waals surface area contributed by atoms with Crippen molar-refractivity contribution in [3.63, 3.8) is 0 Å². The van der Waals surface area contributed by atoms with Gasteiger partial charge in [0, 0.05) is 5.69 Å². The normalized spacial score (nSPS) is 16.9. The van der Waals surface area contributed by atoms with Gasteiger partial charge in [-0.25, -0.2) is 0 Å². The van der Waals surface area contributed by atoms with Gasteiger partial charge in [-0.15, -0.1) is 0 Å². The Labute approximate surface area is 133 Å². The Hall–Kier alpha value is -2.07. The highest BCUT2D eigenvalue weighted by Crippen LogP contribution is 2.24. The van der Waals surface area contributed by atoms with Crippen LogP contribution in [0.5, 0.6) is 0 Å². The molecule has 2 N–H and O–H groups in total. The van der Waals surface area contributed by atoms with Crippen LogP contribution in [0.1, 0.15) is 35.0 Å². The van der Waals surface area contributed by atoms with Gasteiger partial charge in [0.25, 0.3) is 11.5 Å². The number of fused-ring (bicyclic) bond motifs is 1. The van der Waals surface area contributed by atoms with Gasteiger partial charge in [0.15, 0.2) is 0 Å².